The van der Waals surface area contributed by atoms with E-state index in [2.05, 4.69) is 0 Å². The third-order valence-electron chi connectivity index (χ3n) is 5.95. The van der Waals surface area contributed by atoms with E-state index in [1.54, 1.807) is 35.0 Å². The Morgan fingerprint density at radius 3 is 2.61 bits per heavy atom. The highest BCUT2D eigenvalue weighted by Crippen LogP contribution is 2.30. The lowest BCUT2D eigenvalue weighted by Crippen LogP contribution is -2.28. The summed E-state index contributed by atoms with van der Waals surface area (Å²) in [5, 5.41) is 0. The second-order valence-electron chi connectivity index (χ2n) is 7.89. The number of benzene rings is 2. The normalized spacial score (nSPS) is 17.8. The molecule has 2 heterocycles. The van der Waals surface area contributed by atoms with Gasteiger partial charge in [0.05, 0.1) is 12.3 Å². The number of hydrogen-bond donors (Lipinski definition) is 0. The number of amides is 2. The largest absolute Gasteiger partial charge is 0.457 e. The van der Waals surface area contributed by atoms with Crippen LogP contribution in [0.5, 0.6) is 0 Å². The van der Waals surface area contributed by atoms with E-state index in [1.165, 1.54) is 0 Å². The molecule has 2 aliphatic rings. The van der Waals surface area contributed by atoms with Crippen LogP contribution in [0.2, 0.25) is 0 Å². The molecule has 2 aliphatic heterocycles. The standard InChI is InChI=1S/C24H24N2O5/c1-3-15-6-4-5-7-20(15)26-13-18(12-23(26)29)24(30)31-14-21(27)16-8-9-19-17(10-16)11-22(28)25(19)2/h4-10,18H,3,11-14H2,1-2H3/t18-/m0/s1. The highest BCUT2D eigenvalue weighted by molar-refractivity contribution is 6.04. The van der Waals surface area contributed by atoms with E-state index in [0.717, 1.165) is 28.9 Å². The van der Waals surface area contributed by atoms with Crippen LogP contribution in [0, 0.1) is 5.92 Å². The van der Waals surface area contributed by atoms with Gasteiger partial charge in [-0.15, -0.1) is 0 Å². The average molecular weight is 420 g/mol. The molecule has 0 aliphatic carbocycles. The van der Waals surface area contributed by atoms with Crippen molar-refractivity contribution in [2.45, 2.75) is 26.2 Å². The summed E-state index contributed by atoms with van der Waals surface area (Å²) in [7, 11) is 1.70. The van der Waals surface area contributed by atoms with Crippen LogP contribution in [0.3, 0.4) is 0 Å². The van der Waals surface area contributed by atoms with E-state index in [-0.39, 0.29) is 37.0 Å². The van der Waals surface area contributed by atoms with Crippen LogP contribution < -0.4 is 9.80 Å². The van der Waals surface area contributed by atoms with Crippen molar-refractivity contribution in [3.8, 4) is 0 Å². The van der Waals surface area contributed by atoms with Gasteiger partial charge in [0.15, 0.2) is 12.4 Å². The minimum Gasteiger partial charge on any atom is -0.457 e. The number of fused-ring (bicyclic) bond motifs is 1. The second-order valence-corrected chi connectivity index (χ2v) is 7.89. The number of anilines is 2. The van der Waals surface area contributed by atoms with Gasteiger partial charge in [-0.2, -0.15) is 0 Å². The van der Waals surface area contributed by atoms with Gasteiger partial charge >= 0.3 is 5.97 Å². The fourth-order valence-electron chi connectivity index (χ4n) is 4.15. The molecule has 1 atom stereocenters. The zero-order valence-corrected chi connectivity index (χ0v) is 17.6. The Bertz CT molecular complexity index is 1080. The van der Waals surface area contributed by atoms with Crippen LogP contribution in [-0.2, 0) is 32.0 Å². The molecule has 160 valence electrons. The minimum atomic E-state index is -0.600. The van der Waals surface area contributed by atoms with E-state index in [1.807, 2.05) is 31.2 Å². The lowest BCUT2D eigenvalue weighted by atomic mass is 10.1. The SMILES string of the molecule is CCc1ccccc1N1C[C@@H](C(=O)OCC(=O)c2ccc3c(c2)CC(=O)N3C)CC1=O. The van der Waals surface area contributed by atoms with Crippen molar-refractivity contribution in [3.05, 3.63) is 59.2 Å². The van der Waals surface area contributed by atoms with Crippen molar-refractivity contribution in [1.29, 1.82) is 0 Å². The molecule has 2 aromatic rings. The van der Waals surface area contributed by atoms with E-state index < -0.39 is 18.5 Å². The van der Waals surface area contributed by atoms with Crippen molar-refractivity contribution in [2.24, 2.45) is 5.92 Å². The smallest absolute Gasteiger partial charge is 0.311 e. The van der Waals surface area contributed by atoms with Crippen LogP contribution in [0.25, 0.3) is 0 Å². The summed E-state index contributed by atoms with van der Waals surface area (Å²) in [5.41, 5.74) is 3.84. The van der Waals surface area contributed by atoms with Gasteiger partial charge in [0.2, 0.25) is 11.8 Å². The fraction of sp³-hybridized carbons (Fsp3) is 0.333. The van der Waals surface area contributed by atoms with E-state index >= 15 is 0 Å². The molecule has 4 rings (SSSR count). The van der Waals surface area contributed by atoms with Gasteiger partial charge in [0.1, 0.15) is 0 Å². The number of esters is 1. The Labute approximate surface area is 180 Å². The average Bonchev–Trinajstić information content (AvgIpc) is 3.30. The Kier molecular flexibility index (Phi) is 5.59. The number of ketones is 1. The molecular weight excluding hydrogens is 396 g/mol. The molecule has 0 bridgehead atoms. The highest BCUT2D eigenvalue weighted by Gasteiger charge is 2.37. The Morgan fingerprint density at radius 1 is 1.06 bits per heavy atom. The fourth-order valence-corrected chi connectivity index (χ4v) is 4.15. The topological polar surface area (TPSA) is 84.0 Å². The molecular formula is C24H24N2O5. The van der Waals surface area contributed by atoms with E-state index in [0.29, 0.717) is 5.56 Å². The molecule has 7 nitrogen and oxygen atoms in total. The van der Waals surface area contributed by atoms with Crippen molar-refractivity contribution >= 4 is 34.9 Å². The molecule has 7 heteroatoms. The molecule has 0 aromatic heterocycles. The predicted octanol–water partition coefficient (Wildman–Crippen LogP) is 2.55. The van der Waals surface area contributed by atoms with Gasteiger partial charge in [-0.1, -0.05) is 25.1 Å². The number of Topliss-reactive ketones (excluding diaryl/α,β-unsaturated/α-hetero) is 1. The maximum absolute atomic E-state index is 12.5. The number of likely N-dealkylation sites (N-methyl/N-ethyl adjacent to an activating group) is 1. The molecule has 31 heavy (non-hydrogen) atoms. The van der Waals surface area contributed by atoms with Gasteiger partial charge in [-0.3, -0.25) is 19.2 Å². The van der Waals surface area contributed by atoms with Crippen molar-refractivity contribution in [3.63, 3.8) is 0 Å². The molecule has 2 amide bonds. The number of aryl methyl sites for hydroxylation is 1. The first-order valence-corrected chi connectivity index (χ1v) is 10.4. The molecule has 0 unspecified atom stereocenters. The first-order valence-electron chi connectivity index (χ1n) is 10.4. The summed E-state index contributed by atoms with van der Waals surface area (Å²) in [6.07, 6.45) is 1.11. The Balaban J connectivity index is 1.37. The van der Waals surface area contributed by atoms with Gasteiger partial charge in [0, 0.05) is 37.0 Å². The molecule has 0 N–H and O–H groups in total. The number of carbonyl (C=O) groups excluding carboxylic acids is 4. The summed E-state index contributed by atoms with van der Waals surface area (Å²) in [4.78, 5) is 52.5. The zero-order valence-electron chi connectivity index (χ0n) is 17.6. The van der Waals surface area contributed by atoms with E-state index in [9.17, 15) is 19.2 Å². The molecule has 0 radical (unpaired) electrons. The van der Waals surface area contributed by atoms with Gasteiger partial charge < -0.3 is 14.5 Å². The summed E-state index contributed by atoms with van der Waals surface area (Å²) >= 11 is 0. The Morgan fingerprint density at radius 2 is 1.84 bits per heavy atom. The molecule has 1 saturated heterocycles. The first-order chi connectivity index (χ1) is 14.9. The lowest BCUT2D eigenvalue weighted by molar-refractivity contribution is -0.147. The van der Waals surface area contributed by atoms with Crippen molar-refractivity contribution in [2.75, 3.05) is 30.0 Å². The first kappa shape index (κ1) is 20.8. The molecule has 0 spiro atoms. The van der Waals surface area contributed by atoms with Crippen LogP contribution in [0.4, 0.5) is 11.4 Å². The van der Waals surface area contributed by atoms with Crippen LogP contribution in [-0.4, -0.2) is 43.8 Å². The van der Waals surface area contributed by atoms with Gasteiger partial charge in [-0.05, 0) is 41.8 Å². The Hall–Kier alpha value is -3.48. The monoisotopic (exact) mass is 420 g/mol. The van der Waals surface area contributed by atoms with Gasteiger partial charge in [-0.25, -0.2) is 0 Å². The predicted molar refractivity (Wildman–Crippen MR) is 115 cm³/mol. The number of nitrogens with zero attached hydrogens (tertiary/aromatic N) is 2. The third-order valence-corrected chi connectivity index (χ3v) is 5.95. The maximum atomic E-state index is 12.5. The minimum absolute atomic E-state index is 0.0221. The number of carbonyl (C=O) groups is 4. The molecule has 2 aromatic carbocycles. The van der Waals surface area contributed by atoms with Crippen LogP contribution in [0.15, 0.2) is 42.5 Å². The second kappa shape index (κ2) is 8.34. The van der Waals surface area contributed by atoms with E-state index in [4.69, 9.17) is 4.74 Å². The third kappa shape index (κ3) is 3.95. The zero-order chi connectivity index (χ0) is 22.1. The number of para-hydroxylation sites is 1. The van der Waals surface area contributed by atoms with Crippen LogP contribution in [0.1, 0.15) is 34.8 Å². The molecule has 1 fully saturated rings. The van der Waals surface area contributed by atoms with Crippen molar-refractivity contribution < 1.29 is 23.9 Å². The lowest BCUT2D eigenvalue weighted by Gasteiger charge is -2.19. The quantitative estimate of drug-likeness (QED) is 0.530. The summed E-state index contributed by atoms with van der Waals surface area (Å²) < 4.78 is 5.25. The molecule has 0 saturated carbocycles. The summed E-state index contributed by atoms with van der Waals surface area (Å²) in [6.45, 7) is 1.87. The summed E-state index contributed by atoms with van der Waals surface area (Å²) in [6, 6.07) is 12.7. The number of ether oxygens (including phenoxy) is 1. The van der Waals surface area contributed by atoms with Crippen LogP contribution >= 0.6 is 0 Å². The number of rotatable bonds is 6. The van der Waals surface area contributed by atoms with Gasteiger partial charge in [0.25, 0.3) is 0 Å². The number of hydrogen-bond acceptors (Lipinski definition) is 5. The highest BCUT2D eigenvalue weighted by atomic mass is 16.5. The summed E-state index contributed by atoms with van der Waals surface area (Å²) in [5.74, 6) is -1.63. The van der Waals surface area contributed by atoms with Crippen molar-refractivity contribution in [1.82, 2.24) is 0 Å². The maximum Gasteiger partial charge on any atom is 0.311 e.